The van der Waals surface area contributed by atoms with Crippen LogP contribution in [0.2, 0.25) is 0 Å². The Bertz CT molecular complexity index is 873. The molecule has 0 aliphatic carbocycles. The zero-order valence-electron chi connectivity index (χ0n) is 12.8. The van der Waals surface area contributed by atoms with Crippen molar-refractivity contribution in [3.05, 3.63) is 75.7 Å². The number of benzene rings is 2. The van der Waals surface area contributed by atoms with Gasteiger partial charge in [0.05, 0.1) is 16.3 Å². The average molecular weight is 338 g/mol. The fraction of sp³-hybridized carbons (Fsp3) is 0.0588. The Morgan fingerprint density at radius 1 is 1.17 bits per heavy atom. The molecule has 7 heteroatoms. The molecule has 3 rings (SSSR count). The lowest BCUT2D eigenvalue weighted by Crippen LogP contribution is -2.00. The Morgan fingerprint density at radius 2 is 1.88 bits per heavy atom. The van der Waals surface area contributed by atoms with Gasteiger partial charge in [-0.05, 0) is 24.6 Å². The fourth-order valence-corrected chi connectivity index (χ4v) is 2.75. The van der Waals surface area contributed by atoms with Gasteiger partial charge in [-0.15, -0.1) is 11.3 Å². The van der Waals surface area contributed by atoms with Crippen LogP contribution < -0.4 is 5.43 Å². The third-order valence-corrected chi connectivity index (χ3v) is 4.14. The summed E-state index contributed by atoms with van der Waals surface area (Å²) in [6, 6.07) is 16.2. The molecule has 0 fully saturated rings. The lowest BCUT2D eigenvalue weighted by molar-refractivity contribution is -0.384. The highest BCUT2D eigenvalue weighted by Crippen LogP contribution is 2.24. The molecule has 1 aromatic heterocycles. The minimum absolute atomic E-state index is 0.0620. The minimum Gasteiger partial charge on any atom is -0.258 e. The van der Waals surface area contributed by atoms with Crippen LogP contribution in [-0.4, -0.2) is 15.6 Å². The second-order valence-corrected chi connectivity index (χ2v) is 5.88. The highest BCUT2D eigenvalue weighted by molar-refractivity contribution is 7.14. The van der Waals surface area contributed by atoms with Crippen LogP contribution in [0.25, 0.3) is 11.3 Å². The van der Waals surface area contributed by atoms with Crippen LogP contribution in [0.1, 0.15) is 12.5 Å². The van der Waals surface area contributed by atoms with E-state index in [0.717, 1.165) is 22.5 Å². The number of nitro benzene ring substituents is 1. The van der Waals surface area contributed by atoms with Gasteiger partial charge in [-0.1, -0.05) is 30.3 Å². The summed E-state index contributed by atoms with van der Waals surface area (Å²) >= 11 is 1.47. The summed E-state index contributed by atoms with van der Waals surface area (Å²) in [6.45, 7) is 1.83. The van der Waals surface area contributed by atoms with E-state index in [4.69, 9.17) is 0 Å². The van der Waals surface area contributed by atoms with E-state index in [-0.39, 0.29) is 5.69 Å². The zero-order chi connectivity index (χ0) is 16.9. The van der Waals surface area contributed by atoms with Crippen LogP contribution >= 0.6 is 11.3 Å². The van der Waals surface area contributed by atoms with Crippen LogP contribution in [0.4, 0.5) is 10.8 Å². The molecule has 2 aromatic carbocycles. The van der Waals surface area contributed by atoms with Crippen molar-refractivity contribution in [2.75, 3.05) is 5.43 Å². The number of hydrogen-bond acceptors (Lipinski definition) is 6. The second kappa shape index (κ2) is 7.01. The summed E-state index contributed by atoms with van der Waals surface area (Å²) in [5, 5.41) is 17.6. The normalized spacial score (nSPS) is 11.3. The first kappa shape index (κ1) is 15.8. The van der Waals surface area contributed by atoms with Crippen LogP contribution in [0, 0.1) is 10.1 Å². The largest absolute Gasteiger partial charge is 0.269 e. The molecule has 0 unspecified atom stereocenters. The maximum Gasteiger partial charge on any atom is 0.269 e. The van der Waals surface area contributed by atoms with E-state index in [0.29, 0.717) is 5.13 Å². The number of aromatic nitrogens is 1. The smallest absolute Gasteiger partial charge is 0.258 e. The topological polar surface area (TPSA) is 80.4 Å². The van der Waals surface area contributed by atoms with Crippen molar-refractivity contribution in [1.29, 1.82) is 0 Å². The number of thiazole rings is 1. The highest BCUT2D eigenvalue weighted by Gasteiger charge is 2.06. The van der Waals surface area contributed by atoms with Crippen LogP contribution in [-0.2, 0) is 0 Å². The number of nitrogens with zero attached hydrogens (tertiary/aromatic N) is 3. The van der Waals surface area contributed by atoms with Crippen LogP contribution in [0.5, 0.6) is 0 Å². The monoisotopic (exact) mass is 338 g/mol. The summed E-state index contributed by atoms with van der Waals surface area (Å²) in [7, 11) is 0. The Morgan fingerprint density at radius 3 is 2.54 bits per heavy atom. The lowest BCUT2D eigenvalue weighted by Gasteiger charge is -2.01. The van der Waals surface area contributed by atoms with Crippen molar-refractivity contribution in [2.45, 2.75) is 6.92 Å². The van der Waals surface area contributed by atoms with Gasteiger partial charge in [-0.2, -0.15) is 5.10 Å². The number of non-ortho nitro benzene ring substituents is 1. The first-order chi connectivity index (χ1) is 11.6. The molecule has 24 heavy (non-hydrogen) atoms. The maximum absolute atomic E-state index is 10.7. The number of rotatable bonds is 5. The summed E-state index contributed by atoms with van der Waals surface area (Å²) in [5.74, 6) is 0. The fourth-order valence-electron chi connectivity index (χ4n) is 2.09. The standard InChI is InChI=1S/C17H14N4O2S/c1-12(13-7-9-15(10-8-13)21(22)23)19-20-17-18-16(11-24-17)14-5-3-2-4-6-14/h2-11H,1H3,(H,18,20)/b19-12+. The Balaban J connectivity index is 1.71. The van der Waals surface area contributed by atoms with Gasteiger partial charge < -0.3 is 0 Å². The molecule has 1 heterocycles. The molecular formula is C17H14N4O2S. The van der Waals surface area contributed by atoms with E-state index >= 15 is 0 Å². The number of nitro groups is 1. The molecule has 3 aromatic rings. The Kier molecular flexibility index (Phi) is 4.62. The number of anilines is 1. The van der Waals surface area contributed by atoms with Gasteiger partial charge in [0.1, 0.15) is 0 Å². The lowest BCUT2D eigenvalue weighted by atomic mass is 10.1. The van der Waals surface area contributed by atoms with E-state index in [1.165, 1.54) is 23.5 Å². The van der Waals surface area contributed by atoms with Gasteiger partial charge in [0.25, 0.3) is 5.69 Å². The van der Waals surface area contributed by atoms with Crippen molar-refractivity contribution in [3.63, 3.8) is 0 Å². The molecule has 1 N–H and O–H groups in total. The number of hydrogen-bond donors (Lipinski definition) is 1. The van der Waals surface area contributed by atoms with Crippen LogP contribution in [0.15, 0.2) is 65.1 Å². The third kappa shape index (κ3) is 3.64. The summed E-state index contributed by atoms with van der Waals surface area (Å²) in [5.41, 5.74) is 6.48. The molecule has 0 spiro atoms. The molecule has 0 aliphatic heterocycles. The van der Waals surface area contributed by atoms with E-state index in [1.807, 2.05) is 42.6 Å². The average Bonchev–Trinajstić information content (AvgIpc) is 3.09. The van der Waals surface area contributed by atoms with Crippen molar-refractivity contribution in [2.24, 2.45) is 5.10 Å². The van der Waals surface area contributed by atoms with Gasteiger partial charge in [0.2, 0.25) is 5.13 Å². The second-order valence-electron chi connectivity index (χ2n) is 5.02. The molecule has 0 bridgehead atoms. The van der Waals surface area contributed by atoms with Gasteiger partial charge >= 0.3 is 0 Å². The first-order valence-corrected chi connectivity index (χ1v) is 8.07. The highest BCUT2D eigenvalue weighted by atomic mass is 32.1. The molecule has 6 nitrogen and oxygen atoms in total. The Labute approximate surface area is 142 Å². The summed E-state index contributed by atoms with van der Waals surface area (Å²) in [4.78, 5) is 14.7. The van der Waals surface area contributed by atoms with E-state index in [9.17, 15) is 10.1 Å². The summed E-state index contributed by atoms with van der Waals surface area (Å²) < 4.78 is 0. The summed E-state index contributed by atoms with van der Waals surface area (Å²) in [6.07, 6.45) is 0. The molecule has 0 aliphatic rings. The van der Waals surface area contributed by atoms with Gasteiger partial charge in [0, 0.05) is 23.1 Å². The first-order valence-electron chi connectivity index (χ1n) is 7.19. The van der Waals surface area contributed by atoms with E-state index < -0.39 is 4.92 Å². The molecule has 0 saturated heterocycles. The SMILES string of the molecule is C/C(=N\Nc1nc(-c2ccccc2)cs1)c1ccc([N+](=O)[O-])cc1. The van der Waals surface area contributed by atoms with Crippen molar-refractivity contribution in [3.8, 4) is 11.3 Å². The number of hydrazone groups is 1. The van der Waals surface area contributed by atoms with Crippen molar-refractivity contribution >= 4 is 27.9 Å². The van der Waals surface area contributed by atoms with E-state index in [2.05, 4.69) is 15.5 Å². The van der Waals surface area contributed by atoms with Gasteiger partial charge in [-0.25, -0.2) is 4.98 Å². The van der Waals surface area contributed by atoms with Crippen LogP contribution in [0.3, 0.4) is 0 Å². The molecule has 0 atom stereocenters. The van der Waals surface area contributed by atoms with E-state index in [1.54, 1.807) is 12.1 Å². The molecule has 0 saturated carbocycles. The quantitative estimate of drug-likeness (QED) is 0.420. The van der Waals surface area contributed by atoms with Crippen molar-refractivity contribution in [1.82, 2.24) is 4.98 Å². The van der Waals surface area contributed by atoms with Gasteiger partial charge in [0.15, 0.2) is 0 Å². The Hall–Kier alpha value is -3.06. The van der Waals surface area contributed by atoms with Gasteiger partial charge in [-0.3, -0.25) is 15.5 Å². The molecule has 120 valence electrons. The zero-order valence-corrected chi connectivity index (χ0v) is 13.7. The molecular weight excluding hydrogens is 324 g/mol. The maximum atomic E-state index is 10.7. The minimum atomic E-state index is -0.421. The third-order valence-electron chi connectivity index (χ3n) is 3.39. The molecule has 0 amide bonds. The van der Waals surface area contributed by atoms with Crippen molar-refractivity contribution < 1.29 is 4.92 Å². The predicted molar refractivity (Wildman–Crippen MR) is 96.5 cm³/mol. The number of nitrogens with one attached hydrogen (secondary N) is 1. The predicted octanol–water partition coefficient (Wildman–Crippen LogP) is 4.55. The molecule has 0 radical (unpaired) electrons.